The first kappa shape index (κ1) is 29.6. The number of halogens is 2. The molecule has 5 rings (SSSR count). The second-order valence-corrected chi connectivity index (χ2v) is 11.0. The van der Waals surface area contributed by atoms with Gasteiger partial charge in [-0.3, -0.25) is 29.0 Å². The number of nitrogens with zero attached hydrogens (tertiary/aromatic N) is 2. The molecule has 2 aromatic carbocycles. The van der Waals surface area contributed by atoms with Crippen molar-refractivity contribution in [1.29, 1.82) is 0 Å². The van der Waals surface area contributed by atoms with Gasteiger partial charge in [-0.05, 0) is 37.0 Å². The quantitative estimate of drug-likeness (QED) is 0.399. The van der Waals surface area contributed by atoms with Crippen LogP contribution in [0.5, 0.6) is 5.75 Å². The number of amides is 4. The summed E-state index contributed by atoms with van der Waals surface area (Å²) in [5.41, 5.74) is 0.857. The fourth-order valence-corrected chi connectivity index (χ4v) is 5.67. The number of carbonyl (C=O) groups excluding carboxylic acids is 5. The van der Waals surface area contributed by atoms with Crippen molar-refractivity contribution in [2.24, 2.45) is 0 Å². The molecule has 0 saturated carbocycles. The third kappa shape index (κ3) is 6.30. The first-order valence-corrected chi connectivity index (χ1v) is 14.2. The molecule has 3 heterocycles. The zero-order chi connectivity index (χ0) is 30.0. The summed E-state index contributed by atoms with van der Waals surface area (Å²) in [4.78, 5) is 65.4. The number of nitrogens with one attached hydrogen (secondary N) is 2. The summed E-state index contributed by atoms with van der Waals surface area (Å²) in [7, 11) is 0. The predicted molar refractivity (Wildman–Crippen MR) is 148 cm³/mol. The standard InChI is InChI=1S/C28H28Cl2N4O8/c29-17-11-16(12-18(30)24(17)37)25(38)31-19-8-9-22(35)33-10-4-7-21(34(33)27(19)40)26(39)32-20-13-23(36)42-28(20)41-14-15-5-2-1-3-6-15/h1-3,5-6,11-12,19-21,28,37H,4,7-10,13-14H2,(H,31,38)(H,32,39)/t19-,20-,21-,28?/m0/s1. The van der Waals surface area contributed by atoms with E-state index in [4.69, 9.17) is 32.7 Å². The van der Waals surface area contributed by atoms with Gasteiger partial charge < -0.3 is 25.2 Å². The highest BCUT2D eigenvalue weighted by Gasteiger charge is 2.46. The molecule has 0 aliphatic carbocycles. The summed E-state index contributed by atoms with van der Waals surface area (Å²) in [5.74, 6) is -3.21. The van der Waals surface area contributed by atoms with E-state index in [9.17, 15) is 29.1 Å². The van der Waals surface area contributed by atoms with Gasteiger partial charge >= 0.3 is 5.97 Å². The Morgan fingerprint density at radius 2 is 1.76 bits per heavy atom. The van der Waals surface area contributed by atoms with Crippen LogP contribution < -0.4 is 10.6 Å². The Kier molecular flexibility index (Phi) is 8.85. The molecular weight excluding hydrogens is 591 g/mol. The monoisotopic (exact) mass is 618 g/mol. The Labute approximate surface area is 250 Å². The average molecular weight is 619 g/mol. The molecule has 4 atom stereocenters. The number of carbonyl (C=O) groups is 5. The number of hydrazine groups is 1. The molecule has 222 valence electrons. The molecule has 3 aliphatic rings. The molecule has 3 aliphatic heterocycles. The van der Waals surface area contributed by atoms with Gasteiger partial charge in [0.25, 0.3) is 11.8 Å². The number of fused-ring (bicyclic) bond motifs is 1. The van der Waals surface area contributed by atoms with E-state index < -0.39 is 48.1 Å². The summed E-state index contributed by atoms with van der Waals surface area (Å²) in [6.45, 7) is 0.381. The minimum atomic E-state index is -1.13. The number of phenols is 1. The summed E-state index contributed by atoms with van der Waals surface area (Å²) >= 11 is 11.9. The highest BCUT2D eigenvalue weighted by Crippen LogP contribution is 2.33. The Hall–Kier alpha value is -3.87. The van der Waals surface area contributed by atoms with Crippen molar-refractivity contribution in [2.45, 2.75) is 63.1 Å². The Bertz CT molecular complexity index is 1380. The normalized spacial score (nSPS) is 24.1. The predicted octanol–water partition coefficient (Wildman–Crippen LogP) is 2.30. The van der Waals surface area contributed by atoms with E-state index >= 15 is 0 Å². The summed E-state index contributed by atoms with van der Waals surface area (Å²) in [5, 5.41) is 17.2. The first-order valence-electron chi connectivity index (χ1n) is 13.4. The number of benzene rings is 2. The summed E-state index contributed by atoms with van der Waals surface area (Å²) in [6.07, 6.45) is -0.473. The van der Waals surface area contributed by atoms with Crippen molar-refractivity contribution in [3.63, 3.8) is 0 Å². The van der Waals surface area contributed by atoms with Gasteiger partial charge in [-0.1, -0.05) is 53.5 Å². The third-order valence-corrected chi connectivity index (χ3v) is 7.87. The van der Waals surface area contributed by atoms with Crippen LogP contribution in [0.25, 0.3) is 0 Å². The highest BCUT2D eigenvalue weighted by molar-refractivity contribution is 6.37. The molecule has 0 spiro atoms. The van der Waals surface area contributed by atoms with Crippen LogP contribution in [0.15, 0.2) is 42.5 Å². The third-order valence-electron chi connectivity index (χ3n) is 7.30. The lowest BCUT2D eigenvalue weighted by Crippen LogP contribution is -2.64. The lowest BCUT2D eigenvalue weighted by molar-refractivity contribution is -0.177. The minimum absolute atomic E-state index is 0.00316. The number of hydrogen-bond acceptors (Lipinski definition) is 8. The van der Waals surface area contributed by atoms with Gasteiger partial charge in [-0.15, -0.1) is 0 Å². The van der Waals surface area contributed by atoms with Crippen LogP contribution in [-0.2, 0) is 35.3 Å². The Morgan fingerprint density at radius 1 is 1.05 bits per heavy atom. The maximum absolute atomic E-state index is 13.7. The molecule has 0 bridgehead atoms. The fourth-order valence-electron chi connectivity index (χ4n) is 5.18. The molecule has 0 aromatic heterocycles. The number of cyclic esters (lactones) is 1. The minimum Gasteiger partial charge on any atom is -0.505 e. The highest BCUT2D eigenvalue weighted by atomic mass is 35.5. The van der Waals surface area contributed by atoms with E-state index in [1.54, 1.807) is 0 Å². The second-order valence-electron chi connectivity index (χ2n) is 10.2. The van der Waals surface area contributed by atoms with Gasteiger partial charge in [0.1, 0.15) is 18.1 Å². The fraction of sp³-hybridized carbons (Fsp3) is 0.393. The van der Waals surface area contributed by atoms with Crippen molar-refractivity contribution in [1.82, 2.24) is 20.7 Å². The molecule has 1 unspecified atom stereocenters. The summed E-state index contributed by atoms with van der Waals surface area (Å²) < 4.78 is 11.0. The molecule has 3 N–H and O–H groups in total. The number of aromatic hydroxyl groups is 1. The average Bonchev–Trinajstić information content (AvgIpc) is 3.28. The van der Waals surface area contributed by atoms with Crippen molar-refractivity contribution in [3.8, 4) is 5.75 Å². The number of phenolic OH excluding ortho intramolecular Hbond substituents is 1. The van der Waals surface area contributed by atoms with Gasteiger partial charge in [-0.2, -0.15) is 0 Å². The van der Waals surface area contributed by atoms with Crippen molar-refractivity contribution < 1.29 is 38.6 Å². The largest absolute Gasteiger partial charge is 0.505 e. The molecule has 42 heavy (non-hydrogen) atoms. The molecule has 2 aromatic rings. The van der Waals surface area contributed by atoms with Crippen LogP contribution in [0.4, 0.5) is 0 Å². The molecule has 4 amide bonds. The zero-order valence-corrected chi connectivity index (χ0v) is 23.8. The Balaban J connectivity index is 1.30. The molecule has 3 saturated heterocycles. The van der Waals surface area contributed by atoms with Gasteiger partial charge in [0, 0.05) is 18.5 Å². The van der Waals surface area contributed by atoms with E-state index in [0.717, 1.165) is 10.6 Å². The van der Waals surface area contributed by atoms with E-state index in [-0.39, 0.29) is 66.1 Å². The van der Waals surface area contributed by atoms with Gasteiger partial charge in [-0.25, -0.2) is 5.01 Å². The van der Waals surface area contributed by atoms with Crippen molar-refractivity contribution in [2.75, 3.05) is 6.54 Å². The molecule has 14 heteroatoms. The lowest BCUT2D eigenvalue weighted by atomic mass is 10.0. The number of ether oxygens (including phenoxy) is 2. The maximum atomic E-state index is 13.7. The van der Waals surface area contributed by atoms with Crippen LogP contribution in [0.3, 0.4) is 0 Å². The van der Waals surface area contributed by atoms with Gasteiger partial charge in [0.15, 0.2) is 5.75 Å². The smallest absolute Gasteiger partial charge is 0.310 e. The van der Waals surface area contributed by atoms with Crippen LogP contribution in [-0.4, -0.2) is 75.7 Å². The SMILES string of the molecule is O=C1C[C@H](NC(=O)[C@@H]2CCCN3C(=O)CC[C@H](NC(=O)c4cc(Cl)c(O)c(Cl)c4)C(=O)N23)C(OCc2ccccc2)O1. The van der Waals surface area contributed by atoms with Gasteiger partial charge in [0.2, 0.25) is 18.1 Å². The van der Waals surface area contributed by atoms with E-state index in [2.05, 4.69) is 10.6 Å². The van der Waals surface area contributed by atoms with Crippen LogP contribution in [0.2, 0.25) is 10.0 Å². The van der Waals surface area contributed by atoms with Crippen LogP contribution >= 0.6 is 23.2 Å². The molecule has 12 nitrogen and oxygen atoms in total. The van der Waals surface area contributed by atoms with E-state index in [1.165, 1.54) is 17.1 Å². The molecular formula is C28H28Cl2N4O8. The van der Waals surface area contributed by atoms with Crippen LogP contribution in [0.1, 0.15) is 48.0 Å². The van der Waals surface area contributed by atoms with Crippen molar-refractivity contribution >= 4 is 52.8 Å². The number of rotatable bonds is 7. The van der Waals surface area contributed by atoms with E-state index in [1.807, 2.05) is 30.3 Å². The molecule has 0 radical (unpaired) electrons. The number of esters is 1. The van der Waals surface area contributed by atoms with Crippen molar-refractivity contribution in [3.05, 3.63) is 63.6 Å². The number of hydrogen-bond donors (Lipinski definition) is 3. The Morgan fingerprint density at radius 3 is 2.48 bits per heavy atom. The molecule has 3 fully saturated rings. The van der Waals surface area contributed by atoms with E-state index in [0.29, 0.717) is 6.42 Å². The topological polar surface area (TPSA) is 155 Å². The lowest BCUT2D eigenvalue weighted by Gasteiger charge is -2.43. The summed E-state index contributed by atoms with van der Waals surface area (Å²) in [6, 6.07) is 8.64. The second kappa shape index (κ2) is 12.6. The van der Waals surface area contributed by atoms with Crippen LogP contribution in [0, 0.1) is 0 Å². The maximum Gasteiger partial charge on any atom is 0.310 e. The van der Waals surface area contributed by atoms with Gasteiger partial charge in [0.05, 0.1) is 23.1 Å². The first-order chi connectivity index (χ1) is 20.1. The zero-order valence-electron chi connectivity index (χ0n) is 22.3.